The first kappa shape index (κ1) is 20.3. The van der Waals surface area contributed by atoms with Crippen LogP contribution in [-0.2, 0) is 4.79 Å². The van der Waals surface area contributed by atoms with Crippen LogP contribution in [0.25, 0.3) is 0 Å². The third-order valence-corrected chi connectivity index (χ3v) is 5.92. The SMILES string of the molecule is Cc1ccc([C@H](C(=O)NC2CCCC2)N(C(=O)c2csnn2)c2ccccc2C)o1. The third-order valence-electron chi connectivity index (χ3n) is 5.41. The molecule has 3 aromatic rings. The van der Waals surface area contributed by atoms with Crippen LogP contribution in [0.3, 0.4) is 0 Å². The van der Waals surface area contributed by atoms with E-state index in [0.717, 1.165) is 42.8 Å². The van der Waals surface area contributed by atoms with E-state index < -0.39 is 11.9 Å². The normalized spacial score (nSPS) is 15.1. The summed E-state index contributed by atoms with van der Waals surface area (Å²) in [5, 5.41) is 8.67. The number of aromatic nitrogens is 2. The largest absolute Gasteiger partial charge is 0.464 e. The van der Waals surface area contributed by atoms with Gasteiger partial charge in [-0.25, -0.2) is 0 Å². The second-order valence-corrected chi connectivity index (χ2v) is 8.20. The lowest BCUT2D eigenvalue weighted by Crippen LogP contribution is -2.46. The summed E-state index contributed by atoms with van der Waals surface area (Å²) < 4.78 is 9.68. The van der Waals surface area contributed by atoms with Gasteiger partial charge in [-0.05, 0) is 62.0 Å². The van der Waals surface area contributed by atoms with Crippen molar-refractivity contribution in [2.24, 2.45) is 0 Å². The summed E-state index contributed by atoms with van der Waals surface area (Å²) in [4.78, 5) is 28.5. The summed E-state index contributed by atoms with van der Waals surface area (Å²) in [6.45, 7) is 3.73. The van der Waals surface area contributed by atoms with E-state index >= 15 is 0 Å². The Morgan fingerprint density at radius 2 is 1.93 bits per heavy atom. The zero-order valence-electron chi connectivity index (χ0n) is 17.0. The van der Waals surface area contributed by atoms with Crippen LogP contribution in [0.1, 0.15) is 59.3 Å². The number of hydrogen-bond donors (Lipinski definition) is 1. The fraction of sp³-hybridized carbons (Fsp3) is 0.364. The summed E-state index contributed by atoms with van der Waals surface area (Å²) in [6.07, 6.45) is 4.09. The van der Waals surface area contributed by atoms with E-state index in [9.17, 15) is 9.59 Å². The van der Waals surface area contributed by atoms with Gasteiger partial charge in [0.05, 0.1) is 0 Å². The van der Waals surface area contributed by atoms with Gasteiger partial charge >= 0.3 is 0 Å². The van der Waals surface area contributed by atoms with E-state index in [2.05, 4.69) is 14.9 Å². The number of carbonyl (C=O) groups is 2. The molecule has 7 nitrogen and oxygen atoms in total. The number of amides is 2. The number of furan rings is 1. The average Bonchev–Trinajstić information content (AvgIpc) is 3.49. The number of nitrogens with one attached hydrogen (secondary N) is 1. The Kier molecular flexibility index (Phi) is 5.94. The van der Waals surface area contributed by atoms with Crippen molar-refractivity contribution in [2.45, 2.75) is 51.6 Å². The van der Waals surface area contributed by atoms with Crippen molar-refractivity contribution >= 4 is 29.0 Å². The highest BCUT2D eigenvalue weighted by molar-refractivity contribution is 7.03. The molecule has 4 rings (SSSR count). The van der Waals surface area contributed by atoms with Crippen molar-refractivity contribution in [3.8, 4) is 0 Å². The van der Waals surface area contributed by atoms with Gasteiger partial charge in [0.25, 0.3) is 11.8 Å². The molecule has 1 fully saturated rings. The predicted molar refractivity (Wildman–Crippen MR) is 114 cm³/mol. The minimum Gasteiger partial charge on any atom is -0.464 e. The average molecular weight is 425 g/mol. The van der Waals surface area contributed by atoms with Gasteiger partial charge in [0.2, 0.25) is 0 Å². The summed E-state index contributed by atoms with van der Waals surface area (Å²) in [5.74, 6) is 0.452. The first-order valence-electron chi connectivity index (χ1n) is 10.1. The highest BCUT2D eigenvalue weighted by Crippen LogP contribution is 2.33. The van der Waals surface area contributed by atoms with Crippen LogP contribution < -0.4 is 10.2 Å². The Bertz CT molecular complexity index is 1020. The van der Waals surface area contributed by atoms with Crippen molar-refractivity contribution in [1.29, 1.82) is 0 Å². The molecule has 30 heavy (non-hydrogen) atoms. The molecule has 2 heterocycles. The first-order chi connectivity index (χ1) is 14.5. The van der Waals surface area contributed by atoms with Crippen molar-refractivity contribution in [2.75, 3.05) is 4.90 Å². The van der Waals surface area contributed by atoms with Crippen LogP contribution in [0.2, 0.25) is 0 Å². The van der Waals surface area contributed by atoms with Gasteiger partial charge in [0.15, 0.2) is 11.7 Å². The maximum absolute atomic E-state index is 13.5. The summed E-state index contributed by atoms with van der Waals surface area (Å²) in [7, 11) is 0. The van der Waals surface area contributed by atoms with Gasteiger partial charge in [-0.1, -0.05) is 35.5 Å². The fourth-order valence-corrected chi connectivity index (χ4v) is 4.34. The molecule has 0 aliphatic heterocycles. The molecule has 0 saturated heterocycles. The van der Waals surface area contributed by atoms with Gasteiger partial charge in [-0.15, -0.1) is 5.10 Å². The van der Waals surface area contributed by atoms with Gasteiger partial charge in [0, 0.05) is 17.1 Å². The number of anilines is 1. The molecule has 0 bridgehead atoms. The van der Waals surface area contributed by atoms with Crippen molar-refractivity contribution in [3.63, 3.8) is 0 Å². The summed E-state index contributed by atoms with van der Waals surface area (Å²) in [5.41, 5.74) is 1.71. The van der Waals surface area contributed by atoms with Crippen LogP contribution in [0.4, 0.5) is 5.69 Å². The zero-order valence-corrected chi connectivity index (χ0v) is 17.8. The molecule has 2 amide bonds. The van der Waals surface area contributed by atoms with Crippen LogP contribution in [0.15, 0.2) is 46.2 Å². The van der Waals surface area contributed by atoms with Gasteiger partial charge in [-0.3, -0.25) is 14.5 Å². The van der Waals surface area contributed by atoms with E-state index in [1.54, 1.807) is 17.5 Å². The molecule has 1 saturated carbocycles. The number of para-hydroxylation sites is 1. The number of benzene rings is 1. The molecule has 1 atom stereocenters. The van der Waals surface area contributed by atoms with Crippen molar-refractivity contribution < 1.29 is 14.0 Å². The molecule has 1 aliphatic carbocycles. The van der Waals surface area contributed by atoms with E-state index in [1.807, 2.05) is 38.1 Å². The topological polar surface area (TPSA) is 88.3 Å². The fourth-order valence-electron chi connectivity index (χ4n) is 3.91. The molecule has 0 spiro atoms. The van der Waals surface area contributed by atoms with E-state index in [-0.39, 0.29) is 17.6 Å². The van der Waals surface area contributed by atoms with Crippen LogP contribution in [0.5, 0.6) is 0 Å². The Hall–Kier alpha value is -3.00. The Morgan fingerprint density at radius 3 is 2.57 bits per heavy atom. The lowest BCUT2D eigenvalue weighted by molar-refractivity contribution is -0.123. The molecule has 156 valence electrons. The molecule has 0 radical (unpaired) electrons. The number of carbonyl (C=O) groups excluding carboxylic acids is 2. The summed E-state index contributed by atoms with van der Waals surface area (Å²) in [6, 6.07) is 10.2. The van der Waals surface area contributed by atoms with E-state index in [4.69, 9.17) is 4.42 Å². The standard InChI is InChI=1S/C22H24N4O3S/c1-14-7-3-6-10-18(14)26(22(28)17-13-30-25-24-17)20(19-12-11-15(2)29-19)21(27)23-16-8-4-5-9-16/h3,6-7,10-13,16,20H,4-5,8-9H2,1-2H3,(H,23,27)/t20-/m1/s1. The molecular weight excluding hydrogens is 400 g/mol. The smallest absolute Gasteiger partial charge is 0.280 e. The minimum atomic E-state index is -0.949. The molecular formula is C22H24N4O3S. The molecule has 1 aromatic carbocycles. The third kappa shape index (κ3) is 4.14. The highest BCUT2D eigenvalue weighted by Gasteiger charge is 2.38. The molecule has 1 N–H and O–H groups in total. The zero-order chi connectivity index (χ0) is 21.1. The Balaban J connectivity index is 1.80. The lowest BCUT2D eigenvalue weighted by Gasteiger charge is -2.31. The van der Waals surface area contributed by atoms with Gasteiger partial charge in [0.1, 0.15) is 11.5 Å². The molecule has 0 unspecified atom stereocenters. The number of hydrogen-bond acceptors (Lipinski definition) is 6. The van der Waals surface area contributed by atoms with E-state index in [0.29, 0.717) is 17.2 Å². The molecule has 1 aliphatic rings. The first-order valence-corrected chi connectivity index (χ1v) is 10.9. The van der Waals surface area contributed by atoms with Crippen molar-refractivity contribution in [3.05, 3.63) is 64.6 Å². The second-order valence-electron chi connectivity index (χ2n) is 7.59. The lowest BCUT2D eigenvalue weighted by atomic mass is 10.1. The second kappa shape index (κ2) is 8.79. The van der Waals surface area contributed by atoms with Crippen LogP contribution in [-0.4, -0.2) is 27.4 Å². The van der Waals surface area contributed by atoms with Crippen molar-refractivity contribution in [1.82, 2.24) is 14.9 Å². The predicted octanol–water partition coefficient (Wildman–Crippen LogP) is 4.19. The summed E-state index contributed by atoms with van der Waals surface area (Å²) >= 11 is 1.10. The van der Waals surface area contributed by atoms with Gasteiger partial charge in [-0.2, -0.15) is 0 Å². The van der Waals surface area contributed by atoms with Gasteiger partial charge < -0.3 is 9.73 Å². The minimum absolute atomic E-state index is 0.117. The number of aryl methyl sites for hydroxylation is 2. The van der Waals surface area contributed by atoms with E-state index in [1.165, 1.54) is 4.90 Å². The van der Waals surface area contributed by atoms with Crippen LogP contribution >= 0.6 is 11.5 Å². The highest BCUT2D eigenvalue weighted by atomic mass is 32.1. The number of rotatable bonds is 6. The molecule has 8 heteroatoms. The Morgan fingerprint density at radius 1 is 1.17 bits per heavy atom. The quantitative estimate of drug-likeness (QED) is 0.641. The monoisotopic (exact) mass is 424 g/mol. The van der Waals surface area contributed by atoms with Crippen LogP contribution in [0, 0.1) is 13.8 Å². The number of nitrogens with zero attached hydrogens (tertiary/aromatic N) is 3. The Labute approximate surface area is 179 Å². The molecule has 2 aromatic heterocycles. The maximum atomic E-state index is 13.5. The maximum Gasteiger partial charge on any atom is 0.280 e.